The fourth-order valence-electron chi connectivity index (χ4n) is 3.17. The Balaban J connectivity index is 1.49. The molecular weight excluding hydrogens is 368 g/mol. The van der Waals surface area contributed by atoms with Gasteiger partial charge in [-0.3, -0.25) is 19.3 Å². The molecule has 6 nitrogen and oxygen atoms in total. The summed E-state index contributed by atoms with van der Waals surface area (Å²) in [6.07, 6.45) is 0.960. The van der Waals surface area contributed by atoms with Gasteiger partial charge in [-0.05, 0) is 23.6 Å². The molecule has 0 radical (unpaired) electrons. The molecule has 1 heterocycles. The van der Waals surface area contributed by atoms with Crippen LogP contribution >= 0.6 is 0 Å². The Labute approximate surface area is 170 Å². The van der Waals surface area contributed by atoms with Gasteiger partial charge in [0.1, 0.15) is 6.54 Å². The first-order valence-electron chi connectivity index (χ1n) is 9.48. The minimum atomic E-state index is -0.652. The second-order valence-electron chi connectivity index (χ2n) is 6.96. The monoisotopic (exact) mass is 392 g/mol. The zero-order valence-electron chi connectivity index (χ0n) is 16.7. The number of carbonyl (C=O) groups excluding carboxylic acids is 3. The zero-order valence-corrected chi connectivity index (χ0v) is 16.7. The van der Waals surface area contributed by atoms with Crippen LogP contribution in [-0.2, 0) is 27.3 Å². The topological polar surface area (TPSA) is 66.9 Å². The fraction of sp³-hybridized carbons (Fsp3) is 0.261. The molecule has 0 saturated carbocycles. The summed E-state index contributed by atoms with van der Waals surface area (Å²) in [6.45, 7) is 5.75. The molecule has 0 atom stereocenters. The van der Waals surface area contributed by atoms with Gasteiger partial charge in [-0.25, -0.2) is 0 Å². The van der Waals surface area contributed by atoms with Crippen LogP contribution in [0.2, 0.25) is 0 Å². The minimum Gasteiger partial charge on any atom is -0.454 e. The first-order chi connectivity index (χ1) is 13.9. The number of aryl methyl sites for hydroxylation is 1. The van der Waals surface area contributed by atoms with E-state index < -0.39 is 5.97 Å². The lowest BCUT2D eigenvalue weighted by atomic mass is 10.1. The first kappa shape index (κ1) is 20.3. The average Bonchev–Trinajstić information content (AvgIpc) is 2.97. The molecule has 2 amide bonds. The maximum Gasteiger partial charge on any atom is 0.326 e. The van der Waals surface area contributed by atoms with Crippen molar-refractivity contribution in [3.8, 4) is 0 Å². The second-order valence-corrected chi connectivity index (χ2v) is 6.96. The van der Waals surface area contributed by atoms with Gasteiger partial charge < -0.3 is 9.64 Å². The molecule has 0 saturated heterocycles. The Hall–Kier alpha value is -3.41. The van der Waals surface area contributed by atoms with Crippen LogP contribution in [0.1, 0.15) is 34.0 Å². The van der Waals surface area contributed by atoms with Gasteiger partial charge in [-0.2, -0.15) is 0 Å². The van der Waals surface area contributed by atoms with E-state index in [1.54, 1.807) is 25.2 Å². The number of ether oxygens (including phenoxy) is 1. The normalized spacial score (nSPS) is 12.7. The molecule has 0 unspecified atom stereocenters. The lowest BCUT2D eigenvalue weighted by Crippen LogP contribution is -2.34. The molecule has 0 aromatic heterocycles. The Kier molecular flexibility index (Phi) is 6.12. The molecule has 1 aliphatic heterocycles. The molecule has 0 bridgehead atoms. The number of likely N-dealkylation sites (N-methyl/N-ethyl adjacent to an activating group) is 1. The SMILES string of the molecule is C=C1c2ccccc2C(=O)N1CC(=O)OCC(=O)N(C)Cc1ccc(CC)cc1. The number of carbonyl (C=O) groups is 3. The summed E-state index contributed by atoms with van der Waals surface area (Å²) in [5, 5.41) is 0. The lowest BCUT2D eigenvalue weighted by Gasteiger charge is -2.19. The van der Waals surface area contributed by atoms with Crippen molar-refractivity contribution in [2.75, 3.05) is 20.2 Å². The number of amides is 2. The van der Waals surface area contributed by atoms with Crippen molar-refractivity contribution in [2.45, 2.75) is 19.9 Å². The van der Waals surface area contributed by atoms with Gasteiger partial charge in [0.2, 0.25) is 0 Å². The molecule has 0 fully saturated rings. The number of fused-ring (bicyclic) bond motifs is 1. The van der Waals surface area contributed by atoms with Gasteiger partial charge in [0.15, 0.2) is 6.61 Å². The first-order valence-corrected chi connectivity index (χ1v) is 9.48. The van der Waals surface area contributed by atoms with Gasteiger partial charge in [0.05, 0.1) is 0 Å². The number of rotatable bonds is 7. The van der Waals surface area contributed by atoms with E-state index in [0.717, 1.165) is 12.0 Å². The minimum absolute atomic E-state index is 0.276. The van der Waals surface area contributed by atoms with Crippen molar-refractivity contribution in [1.29, 1.82) is 0 Å². The van der Waals surface area contributed by atoms with E-state index >= 15 is 0 Å². The Morgan fingerprint density at radius 2 is 1.66 bits per heavy atom. The molecule has 150 valence electrons. The van der Waals surface area contributed by atoms with E-state index in [4.69, 9.17) is 4.74 Å². The highest BCUT2D eigenvalue weighted by atomic mass is 16.5. The summed E-state index contributed by atoms with van der Waals surface area (Å²) >= 11 is 0. The van der Waals surface area contributed by atoms with Crippen LogP contribution in [-0.4, -0.2) is 47.8 Å². The summed E-state index contributed by atoms with van der Waals surface area (Å²) in [5.74, 6) is -1.25. The summed E-state index contributed by atoms with van der Waals surface area (Å²) in [7, 11) is 1.66. The summed E-state index contributed by atoms with van der Waals surface area (Å²) in [4.78, 5) is 39.6. The summed E-state index contributed by atoms with van der Waals surface area (Å²) < 4.78 is 5.09. The maximum absolute atomic E-state index is 12.4. The Bertz CT molecular complexity index is 915. The van der Waals surface area contributed by atoms with Gasteiger partial charge in [0.25, 0.3) is 11.8 Å². The van der Waals surface area contributed by atoms with Crippen LogP contribution in [0.15, 0.2) is 55.1 Å². The molecule has 6 heteroatoms. The van der Waals surface area contributed by atoms with E-state index in [2.05, 4.69) is 13.5 Å². The van der Waals surface area contributed by atoms with E-state index in [9.17, 15) is 14.4 Å². The maximum atomic E-state index is 12.4. The predicted molar refractivity (Wildman–Crippen MR) is 110 cm³/mol. The molecular formula is C23H24N2O4. The van der Waals surface area contributed by atoms with E-state index in [1.807, 2.05) is 30.3 Å². The molecule has 3 rings (SSSR count). The molecule has 1 aliphatic rings. The van der Waals surface area contributed by atoms with Crippen molar-refractivity contribution in [3.63, 3.8) is 0 Å². The molecule has 0 spiro atoms. The largest absolute Gasteiger partial charge is 0.454 e. The average molecular weight is 392 g/mol. The van der Waals surface area contributed by atoms with Crippen molar-refractivity contribution in [2.24, 2.45) is 0 Å². The molecule has 0 aliphatic carbocycles. The third-order valence-electron chi connectivity index (χ3n) is 4.96. The van der Waals surface area contributed by atoms with Gasteiger partial charge in [-0.1, -0.05) is 56.0 Å². The number of hydrogen-bond donors (Lipinski definition) is 0. The van der Waals surface area contributed by atoms with Crippen molar-refractivity contribution in [1.82, 2.24) is 9.80 Å². The molecule has 2 aromatic rings. The molecule has 0 N–H and O–H groups in total. The predicted octanol–water partition coefficient (Wildman–Crippen LogP) is 2.88. The quantitative estimate of drug-likeness (QED) is 0.680. The number of hydrogen-bond acceptors (Lipinski definition) is 4. The fourth-order valence-corrected chi connectivity index (χ4v) is 3.17. The number of esters is 1. The highest BCUT2D eigenvalue weighted by Gasteiger charge is 2.32. The van der Waals surface area contributed by atoms with Crippen LogP contribution in [0.3, 0.4) is 0 Å². The Morgan fingerprint density at radius 1 is 1.03 bits per heavy atom. The van der Waals surface area contributed by atoms with Crippen LogP contribution in [0, 0.1) is 0 Å². The Morgan fingerprint density at radius 3 is 2.28 bits per heavy atom. The highest BCUT2D eigenvalue weighted by Crippen LogP contribution is 2.30. The van der Waals surface area contributed by atoms with Gasteiger partial charge >= 0.3 is 5.97 Å². The molecule has 2 aromatic carbocycles. The van der Waals surface area contributed by atoms with Crippen LogP contribution in [0.4, 0.5) is 0 Å². The third kappa shape index (κ3) is 4.54. The highest BCUT2D eigenvalue weighted by molar-refractivity contribution is 6.10. The number of benzene rings is 2. The third-order valence-corrected chi connectivity index (χ3v) is 4.96. The molecule has 29 heavy (non-hydrogen) atoms. The van der Waals surface area contributed by atoms with Gasteiger partial charge in [-0.15, -0.1) is 0 Å². The van der Waals surface area contributed by atoms with Crippen molar-refractivity contribution in [3.05, 3.63) is 77.4 Å². The van der Waals surface area contributed by atoms with Crippen LogP contribution < -0.4 is 0 Å². The van der Waals surface area contributed by atoms with Crippen molar-refractivity contribution >= 4 is 23.5 Å². The van der Waals surface area contributed by atoms with E-state index in [-0.39, 0.29) is 25.0 Å². The van der Waals surface area contributed by atoms with Crippen molar-refractivity contribution < 1.29 is 19.1 Å². The second kappa shape index (κ2) is 8.73. The van der Waals surface area contributed by atoms with Crippen LogP contribution in [0.25, 0.3) is 5.70 Å². The van der Waals surface area contributed by atoms with E-state index in [0.29, 0.717) is 23.4 Å². The standard InChI is InChI=1S/C23H24N2O4/c1-4-17-9-11-18(12-10-17)13-24(3)21(26)15-29-22(27)14-25-16(2)19-7-5-6-8-20(19)23(25)28/h5-12H,2,4,13-15H2,1,3H3. The van der Waals surface area contributed by atoms with Crippen LogP contribution in [0.5, 0.6) is 0 Å². The smallest absolute Gasteiger partial charge is 0.326 e. The van der Waals surface area contributed by atoms with Gasteiger partial charge in [0, 0.05) is 30.4 Å². The number of nitrogens with zero attached hydrogens (tertiary/aromatic N) is 2. The van der Waals surface area contributed by atoms with E-state index in [1.165, 1.54) is 15.4 Å². The zero-order chi connectivity index (χ0) is 21.0. The lowest BCUT2D eigenvalue weighted by molar-refractivity contribution is -0.151. The summed E-state index contributed by atoms with van der Waals surface area (Å²) in [6, 6.07) is 15.1. The summed E-state index contributed by atoms with van der Waals surface area (Å²) in [5.41, 5.74) is 3.91.